The fourth-order valence-electron chi connectivity index (χ4n) is 6.74. The van der Waals surface area contributed by atoms with Crippen LogP contribution in [0.5, 0.6) is 11.5 Å². The molecule has 0 saturated carbocycles. The molecule has 2 saturated heterocycles. The normalized spacial score (nSPS) is 21.2. The van der Waals surface area contributed by atoms with Crippen molar-refractivity contribution in [3.8, 4) is 17.6 Å². The highest BCUT2D eigenvalue weighted by molar-refractivity contribution is 6.14. The third kappa shape index (κ3) is 11.3. The zero-order valence-electron chi connectivity index (χ0n) is 33.7. The first kappa shape index (κ1) is 41.3. The summed E-state index contributed by atoms with van der Waals surface area (Å²) in [5.74, 6) is 1.71. The van der Waals surface area contributed by atoms with E-state index in [1.165, 1.54) is 34.8 Å². The molecule has 3 aliphatic heterocycles. The van der Waals surface area contributed by atoms with Crippen LogP contribution in [0.3, 0.4) is 0 Å². The van der Waals surface area contributed by atoms with E-state index in [4.69, 9.17) is 23.8 Å². The average molecular weight is 747 g/mol. The SMILES string of the molecule is CC/C(C)=C\CCC1(C)ON=C(c2c(OCC3CO3)ccc3ccccc23)C1CC.CC/C=C(/C)CC.[O-][N+]#Cc1c(OCC2CO2)ccc2ccccc12. The van der Waals surface area contributed by atoms with Crippen LogP contribution in [-0.2, 0) is 14.3 Å². The topological polar surface area (TPSA) is 92.5 Å². The molecule has 3 heterocycles. The summed E-state index contributed by atoms with van der Waals surface area (Å²) in [5.41, 5.74) is 5.32. The minimum atomic E-state index is -0.303. The zero-order valence-corrected chi connectivity index (χ0v) is 33.7. The highest BCUT2D eigenvalue weighted by atomic mass is 16.7. The molecule has 4 aromatic carbocycles. The Labute approximate surface area is 327 Å². The van der Waals surface area contributed by atoms with E-state index in [-0.39, 0.29) is 23.7 Å². The lowest BCUT2D eigenvalue weighted by Gasteiger charge is -2.29. The monoisotopic (exact) mass is 746 g/mol. The lowest BCUT2D eigenvalue weighted by Crippen LogP contribution is -2.36. The van der Waals surface area contributed by atoms with Crippen molar-refractivity contribution in [3.63, 3.8) is 0 Å². The van der Waals surface area contributed by atoms with Gasteiger partial charge in [-0.25, -0.2) is 0 Å². The minimum absolute atomic E-state index is 0.175. The lowest BCUT2D eigenvalue weighted by atomic mass is 9.78. The molecule has 292 valence electrons. The van der Waals surface area contributed by atoms with Crippen molar-refractivity contribution in [1.29, 1.82) is 0 Å². The fraction of sp³-hybridized carbons (Fsp3) is 0.447. The number of benzene rings is 4. The van der Waals surface area contributed by atoms with E-state index < -0.39 is 0 Å². The highest BCUT2D eigenvalue weighted by Crippen LogP contribution is 2.42. The van der Waals surface area contributed by atoms with Gasteiger partial charge in [-0.2, -0.15) is 0 Å². The molecule has 2 fully saturated rings. The summed E-state index contributed by atoms with van der Waals surface area (Å²) in [4.78, 5) is 6.15. The lowest BCUT2D eigenvalue weighted by molar-refractivity contribution is -0.0361. The number of ether oxygens (including phenoxy) is 4. The van der Waals surface area contributed by atoms with Crippen molar-refractivity contribution in [3.05, 3.63) is 117 Å². The second-order valence-electron chi connectivity index (χ2n) is 14.7. The quantitative estimate of drug-likeness (QED) is 0.0724. The second kappa shape index (κ2) is 20.2. The number of rotatable bonds is 14. The molecule has 4 atom stereocenters. The van der Waals surface area contributed by atoms with Gasteiger partial charge < -0.3 is 29.0 Å². The maximum absolute atomic E-state index is 10.5. The fourth-order valence-corrected chi connectivity index (χ4v) is 6.74. The van der Waals surface area contributed by atoms with Crippen molar-refractivity contribution < 1.29 is 23.8 Å². The molecule has 0 aliphatic carbocycles. The van der Waals surface area contributed by atoms with Crippen LogP contribution in [-0.4, -0.2) is 49.9 Å². The van der Waals surface area contributed by atoms with Gasteiger partial charge in [0.15, 0.2) is 5.56 Å². The molecule has 7 rings (SSSR count). The van der Waals surface area contributed by atoms with Crippen molar-refractivity contribution in [2.45, 2.75) is 105 Å². The predicted molar refractivity (Wildman–Crippen MR) is 226 cm³/mol. The summed E-state index contributed by atoms with van der Waals surface area (Å²) in [7, 11) is 0. The van der Waals surface area contributed by atoms with Crippen LogP contribution in [0, 0.1) is 17.2 Å². The number of hydrogen-bond acceptors (Lipinski definition) is 7. The Morgan fingerprint density at radius 2 is 1.38 bits per heavy atom. The molecule has 4 aromatic rings. The Hall–Kier alpha value is -4.84. The molecule has 0 aromatic heterocycles. The number of hydrogen-bond donors (Lipinski definition) is 0. The molecule has 3 aliphatic rings. The van der Waals surface area contributed by atoms with E-state index in [9.17, 15) is 5.21 Å². The van der Waals surface area contributed by atoms with Crippen LogP contribution in [0.25, 0.3) is 26.6 Å². The predicted octanol–water partition coefficient (Wildman–Crippen LogP) is 11.8. The van der Waals surface area contributed by atoms with Crippen LogP contribution in [0.1, 0.15) is 98.1 Å². The highest BCUT2D eigenvalue weighted by Gasteiger charge is 2.45. The third-order valence-electron chi connectivity index (χ3n) is 10.5. The third-order valence-corrected chi connectivity index (χ3v) is 10.5. The van der Waals surface area contributed by atoms with Gasteiger partial charge in [0.2, 0.25) is 0 Å². The molecule has 8 heteroatoms. The van der Waals surface area contributed by atoms with E-state index in [2.05, 4.69) is 113 Å². The van der Waals surface area contributed by atoms with Crippen molar-refractivity contribution in [2.24, 2.45) is 11.1 Å². The Morgan fingerprint density at radius 1 is 0.818 bits per heavy atom. The Balaban J connectivity index is 0.000000195. The van der Waals surface area contributed by atoms with Gasteiger partial charge in [-0.15, -0.1) is 0 Å². The minimum Gasteiger partial charge on any atom is -0.498 e. The van der Waals surface area contributed by atoms with Gasteiger partial charge in [-0.05, 0) is 87.6 Å². The van der Waals surface area contributed by atoms with E-state index in [1.54, 1.807) is 0 Å². The molecule has 0 spiro atoms. The zero-order chi connectivity index (χ0) is 39.2. The molecule has 0 amide bonds. The van der Waals surface area contributed by atoms with Crippen LogP contribution in [0.15, 0.2) is 101 Å². The summed E-state index contributed by atoms with van der Waals surface area (Å²) < 4.78 is 22.3. The number of allylic oxidation sites excluding steroid dienone is 4. The Kier molecular flexibility index (Phi) is 15.2. The average Bonchev–Trinajstić information content (AvgIpc) is 4.16. The maximum Gasteiger partial charge on any atom is 0.341 e. The van der Waals surface area contributed by atoms with Gasteiger partial charge in [-0.3, -0.25) is 0 Å². The number of fused-ring (bicyclic) bond motifs is 2. The van der Waals surface area contributed by atoms with Crippen LogP contribution in [0.2, 0.25) is 0 Å². The Bertz CT molecular complexity index is 2030. The van der Waals surface area contributed by atoms with Crippen LogP contribution >= 0.6 is 0 Å². The van der Waals surface area contributed by atoms with Gasteiger partial charge in [0.25, 0.3) is 0 Å². The largest absolute Gasteiger partial charge is 0.498 e. The van der Waals surface area contributed by atoms with Crippen molar-refractivity contribution >= 4 is 27.3 Å². The molecule has 0 radical (unpaired) electrons. The molecular formula is C47H58N2O6. The molecule has 0 bridgehead atoms. The summed E-state index contributed by atoms with van der Waals surface area (Å²) in [6.45, 7) is 17.9. The first-order valence-electron chi connectivity index (χ1n) is 19.9. The van der Waals surface area contributed by atoms with Gasteiger partial charge in [0, 0.05) is 21.9 Å². The van der Waals surface area contributed by atoms with Crippen LogP contribution < -0.4 is 9.47 Å². The van der Waals surface area contributed by atoms with E-state index in [0.29, 0.717) is 24.5 Å². The molecule has 8 nitrogen and oxygen atoms in total. The molecular weight excluding hydrogens is 689 g/mol. The van der Waals surface area contributed by atoms with Crippen molar-refractivity contribution in [2.75, 3.05) is 26.4 Å². The summed E-state index contributed by atoms with van der Waals surface area (Å²) in [5, 5.41) is 22.2. The van der Waals surface area contributed by atoms with Crippen LogP contribution in [0.4, 0.5) is 0 Å². The second-order valence-corrected chi connectivity index (χ2v) is 14.7. The smallest absolute Gasteiger partial charge is 0.341 e. The molecule has 4 unspecified atom stereocenters. The Morgan fingerprint density at radius 3 is 1.95 bits per heavy atom. The van der Waals surface area contributed by atoms with Gasteiger partial charge in [-0.1, -0.05) is 117 Å². The first-order valence-corrected chi connectivity index (χ1v) is 19.9. The molecule has 55 heavy (non-hydrogen) atoms. The summed E-state index contributed by atoms with van der Waals surface area (Å²) in [6, 6.07) is 26.6. The maximum atomic E-state index is 10.5. The van der Waals surface area contributed by atoms with Gasteiger partial charge in [0.1, 0.15) is 42.5 Å². The van der Waals surface area contributed by atoms with E-state index in [0.717, 1.165) is 66.7 Å². The number of epoxide rings is 2. The van der Waals surface area contributed by atoms with Gasteiger partial charge >= 0.3 is 6.07 Å². The summed E-state index contributed by atoms with van der Waals surface area (Å²) >= 11 is 0. The van der Waals surface area contributed by atoms with E-state index >= 15 is 0 Å². The molecule has 0 N–H and O–H groups in total. The van der Waals surface area contributed by atoms with Gasteiger partial charge in [0.05, 0.1) is 18.9 Å². The number of oxime groups is 1. The number of nitrogens with zero attached hydrogens (tertiary/aromatic N) is 2. The van der Waals surface area contributed by atoms with E-state index in [1.807, 2.05) is 36.4 Å². The first-order chi connectivity index (χ1) is 26.7. The van der Waals surface area contributed by atoms with Crippen molar-refractivity contribution in [1.82, 2.24) is 0 Å². The summed E-state index contributed by atoms with van der Waals surface area (Å²) in [6.07, 6.45) is 11.4. The standard InChI is InChI=1S/C26H33NO3.C14H11NO3.C7H14/c1-5-18(3)10-9-15-26(4)22(6-2)25(27-30-26)24-21-12-8-7-11-19(21)13-14-23(24)29-17-20-16-28-20;16-15-7-13-12-4-2-1-3-10(12)5-6-14(13)18-9-11-8-17-11;1-4-6-7(3)5-2/h7-8,10-14,20,22H,5-6,9,15-17H2,1-4H3;1-6,11H,8-9H2;6H,4-5H2,1-3H3/b18-10-;;7-6-.